The van der Waals surface area contributed by atoms with Crippen molar-refractivity contribution in [2.75, 3.05) is 5.73 Å². The highest BCUT2D eigenvalue weighted by molar-refractivity contribution is 8.01. The van der Waals surface area contributed by atoms with E-state index in [4.69, 9.17) is 5.73 Å². The first-order valence-electron chi connectivity index (χ1n) is 7.60. The van der Waals surface area contributed by atoms with E-state index in [2.05, 4.69) is 5.32 Å². The minimum atomic E-state index is -1.07. The number of hydrogen-bond donors (Lipinski definition) is 3. The maximum absolute atomic E-state index is 12.3. The van der Waals surface area contributed by atoms with Crippen molar-refractivity contribution in [3.63, 3.8) is 0 Å². The molecule has 0 radical (unpaired) electrons. The number of pyridine rings is 1. The van der Waals surface area contributed by atoms with Gasteiger partial charge in [-0.25, -0.2) is 4.79 Å². The number of hydrogen-bond acceptors (Lipinski definition) is 6. The molecule has 0 aliphatic carbocycles. The van der Waals surface area contributed by atoms with Gasteiger partial charge in [-0.15, -0.1) is 11.8 Å². The highest BCUT2D eigenvalue weighted by atomic mass is 32.2. The van der Waals surface area contributed by atoms with Crippen molar-refractivity contribution in [2.24, 2.45) is 0 Å². The van der Waals surface area contributed by atoms with E-state index < -0.39 is 40.0 Å². The molecule has 1 aromatic rings. The van der Waals surface area contributed by atoms with Gasteiger partial charge in [-0.1, -0.05) is 0 Å². The number of nitrogens with zero attached hydrogens (tertiary/aromatic N) is 2. The van der Waals surface area contributed by atoms with Crippen LogP contribution < -0.4 is 16.6 Å². The number of carboxylic acids is 1. The lowest BCUT2D eigenvalue weighted by Gasteiger charge is -2.43. The molecule has 0 saturated carbocycles. The van der Waals surface area contributed by atoms with Crippen LogP contribution in [0.15, 0.2) is 23.1 Å². The lowest BCUT2D eigenvalue weighted by atomic mass is 9.96. The summed E-state index contributed by atoms with van der Waals surface area (Å²) < 4.78 is 0.494. The van der Waals surface area contributed by atoms with Crippen LogP contribution in [0.5, 0.6) is 0 Å². The zero-order chi connectivity index (χ0) is 18.5. The predicted octanol–water partition coefficient (Wildman–Crippen LogP) is -0.938. The molecule has 2 saturated heterocycles. The van der Waals surface area contributed by atoms with Crippen LogP contribution in [0.25, 0.3) is 0 Å². The van der Waals surface area contributed by atoms with Crippen LogP contribution in [0.1, 0.15) is 13.8 Å². The summed E-state index contributed by atoms with van der Waals surface area (Å²) in [6.45, 7) is 3.25. The molecular weight excluding hydrogens is 348 g/mol. The topological polar surface area (TPSA) is 135 Å². The number of aromatic nitrogens is 1. The third-order valence-corrected chi connectivity index (χ3v) is 5.88. The SMILES string of the molecule is CC1(C)S[C@@H]2[C@H](NC(=O)Cn3cc(N)ccc3=O)C(=O)N2[C@H]1C(=O)O. The summed E-state index contributed by atoms with van der Waals surface area (Å²) in [5.41, 5.74) is 5.56. The molecule has 3 atom stereocenters. The van der Waals surface area contributed by atoms with Gasteiger partial charge in [-0.3, -0.25) is 14.4 Å². The Kier molecular flexibility index (Phi) is 4.02. The summed E-state index contributed by atoms with van der Waals surface area (Å²) in [4.78, 5) is 48.9. The number of carbonyl (C=O) groups is 3. The fraction of sp³-hybridized carbons (Fsp3) is 0.467. The minimum absolute atomic E-state index is 0.267. The molecule has 2 aliphatic rings. The number of nitrogen functional groups attached to an aromatic ring is 1. The van der Waals surface area contributed by atoms with Crippen LogP contribution in [0.4, 0.5) is 5.69 Å². The largest absolute Gasteiger partial charge is 0.480 e. The second kappa shape index (κ2) is 5.80. The Balaban J connectivity index is 1.70. The summed E-state index contributed by atoms with van der Waals surface area (Å²) in [5, 5.41) is 11.5. The summed E-state index contributed by atoms with van der Waals surface area (Å²) in [7, 11) is 0. The molecular formula is C15H18N4O5S. The first-order valence-corrected chi connectivity index (χ1v) is 8.48. The zero-order valence-corrected chi connectivity index (χ0v) is 14.4. The Hall–Kier alpha value is -2.49. The maximum atomic E-state index is 12.3. The molecule has 3 rings (SSSR count). The summed E-state index contributed by atoms with van der Waals surface area (Å²) in [5.74, 6) is -2.00. The fourth-order valence-electron chi connectivity index (χ4n) is 3.19. The predicted molar refractivity (Wildman–Crippen MR) is 90.8 cm³/mol. The highest BCUT2D eigenvalue weighted by Gasteiger charge is 2.64. The molecule has 1 aromatic heterocycles. The monoisotopic (exact) mass is 366 g/mol. The van der Waals surface area contributed by atoms with Gasteiger partial charge < -0.3 is 25.6 Å². The average molecular weight is 366 g/mol. The van der Waals surface area contributed by atoms with Crippen LogP contribution in [0, 0.1) is 0 Å². The number of fused-ring (bicyclic) bond motifs is 1. The van der Waals surface area contributed by atoms with Crippen molar-refractivity contribution in [2.45, 2.75) is 42.6 Å². The van der Waals surface area contributed by atoms with Crippen LogP contribution in [0.3, 0.4) is 0 Å². The van der Waals surface area contributed by atoms with Crippen LogP contribution >= 0.6 is 11.8 Å². The first-order chi connectivity index (χ1) is 11.6. The van der Waals surface area contributed by atoms with Gasteiger partial charge in [0, 0.05) is 22.7 Å². The molecule has 4 N–H and O–H groups in total. The number of thioether (sulfide) groups is 1. The molecule has 0 spiro atoms. The number of aliphatic carboxylic acids is 1. The number of carboxylic acid groups (broad SMARTS) is 1. The summed E-state index contributed by atoms with van der Waals surface area (Å²) in [6, 6.07) is 0.969. The van der Waals surface area contributed by atoms with Crippen LogP contribution in [0.2, 0.25) is 0 Å². The number of anilines is 1. The van der Waals surface area contributed by atoms with E-state index in [1.54, 1.807) is 13.8 Å². The molecule has 2 aliphatic heterocycles. The minimum Gasteiger partial charge on any atom is -0.480 e. The van der Waals surface area contributed by atoms with Crippen molar-refractivity contribution >= 4 is 35.2 Å². The van der Waals surface area contributed by atoms with Crippen molar-refractivity contribution in [3.8, 4) is 0 Å². The van der Waals surface area contributed by atoms with Crippen molar-refractivity contribution in [1.82, 2.24) is 14.8 Å². The van der Waals surface area contributed by atoms with Crippen molar-refractivity contribution in [1.29, 1.82) is 0 Å². The number of rotatable bonds is 4. The van der Waals surface area contributed by atoms with E-state index in [0.717, 1.165) is 4.57 Å². The van der Waals surface area contributed by atoms with Gasteiger partial charge in [-0.05, 0) is 19.9 Å². The molecule has 0 bridgehead atoms. The van der Waals surface area contributed by atoms with E-state index in [1.807, 2.05) is 0 Å². The Bertz CT molecular complexity index is 820. The van der Waals surface area contributed by atoms with E-state index in [0.29, 0.717) is 5.69 Å². The number of β-lactam (4-membered cyclic amide) rings is 1. The second-order valence-corrected chi connectivity index (χ2v) is 8.34. The molecule has 10 heteroatoms. The van der Waals surface area contributed by atoms with Gasteiger partial charge in [0.1, 0.15) is 24.0 Å². The second-order valence-electron chi connectivity index (χ2n) is 6.57. The number of nitrogens with two attached hydrogens (primary N) is 1. The van der Waals surface area contributed by atoms with Gasteiger partial charge in [0.25, 0.3) is 5.56 Å². The zero-order valence-electron chi connectivity index (χ0n) is 13.6. The molecule has 2 amide bonds. The third-order valence-electron chi connectivity index (χ3n) is 4.31. The van der Waals surface area contributed by atoms with Gasteiger partial charge in [0.05, 0.1) is 0 Å². The first kappa shape index (κ1) is 17.3. The maximum Gasteiger partial charge on any atom is 0.327 e. The van der Waals surface area contributed by atoms with Gasteiger partial charge >= 0.3 is 5.97 Å². The van der Waals surface area contributed by atoms with Crippen LogP contribution in [-0.4, -0.2) is 54.6 Å². The Morgan fingerprint density at radius 1 is 1.36 bits per heavy atom. The number of carbonyl (C=O) groups excluding carboxylic acids is 2. The number of amides is 2. The molecule has 9 nitrogen and oxygen atoms in total. The van der Waals surface area contributed by atoms with Crippen molar-refractivity contribution < 1.29 is 19.5 Å². The quantitative estimate of drug-likeness (QED) is 0.586. The molecule has 0 unspecified atom stereocenters. The summed E-state index contributed by atoms with van der Waals surface area (Å²) in [6.07, 6.45) is 1.35. The Morgan fingerprint density at radius 2 is 2.04 bits per heavy atom. The van der Waals surface area contributed by atoms with E-state index in [-0.39, 0.29) is 12.1 Å². The third kappa shape index (κ3) is 2.86. The standard InChI is InChI=1S/C15H18N4O5S/c1-15(2)11(14(23)24)19-12(22)10(13(19)25-15)17-8(20)6-18-5-7(16)3-4-9(18)21/h3-5,10-11,13H,6,16H2,1-2H3,(H,17,20)(H,23,24)/t10-,11+,13-/m1/s1. The van der Waals surface area contributed by atoms with Gasteiger partial charge in [-0.2, -0.15) is 0 Å². The normalized spacial score (nSPS) is 26.7. The fourth-order valence-corrected chi connectivity index (χ4v) is 4.82. The smallest absolute Gasteiger partial charge is 0.327 e. The average Bonchev–Trinajstić information content (AvgIpc) is 2.77. The molecule has 0 aromatic carbocycles. The lowest BCUT2D eigenvalue weighted by molar-refractivity contribution is -0.161. The molecule has 2 fully saturated rings. The van der Waals surface area contributed by atoms with Gasteiger partial charge in [0.15, 0.2) is 0 Å². The van der Waals surface area contributed by atoms with E-state index in [1.165, 1.54) is 35.0 Å². The highest BCUT2D eigenvalue weighted by Crippen LogP contribution is 2.50. The Morgan fingerprint density at radius 3 is 2.68 bits per heavy atom. The lowest BCUT2D eigenvalue weighted by Crippen LogP contribution is -2.70. The van der Waals surface area contributed by atoms with Crippen molar-refractivity contribution in [3.05, 3.63) is 28.7 Å². The van der Waals surface area contributed by atoms with E-state index >= 15 is 0 Å². The molecule has 3 heterocycles. The Labute approximate surface area is 147 Å². The van der Waals surface area contributed by atoms with Gasteiger partial charge in [0.2, 0.25) is 11.8 Å². The molecule has 25 heavy (non-hydrogen) atoms. The number of nitrogens with one attached hydrogen (secondary N) is 1. The molecule has 134 valence electrons. The summed E-state index contributed by atoms with van der Waals surface area (Å²) >= 11 is 1.34. The van der Waals surface area contributed by atoms with E-state index in [9.17, 15) is 24.3 Å². The van der Waals surface area contributed by atoms with Crippen LogP contribution in [-0.2, 0) is 20.9 Å².